The summed E-state index contributed by atoms with van der Waals surface area (Å²) in [5.74, 6) is 0. The quantitative estimate of drug-likeness (QED) is 0.726. The molecule has 0 bridgehead atoms. The molecule has 2 rings (SSSR count). The van der Waals surface area contributed by atoms with E-state index < -0.39 is 0 Å². The fourth-order valence-corrected chi connectivity index (χ4v) is 2.02. The van der Waals surface area contributed by atoms with Gasteiger partial charge < -0.3 is 5.73 Å². The molecule has 0 saturated carbocycles. The molecule has 2 nitrogen and oxygen atoms in total. The average molecular weight is 178 g/mol. The van der Waals surface area contributed by atoms with Gasteiger partial charge in [0.15, 0.2) is 0 Å². The number of benzene rings is 1. The molecule has 12 heavy (non-hydrogen) atoms. The van der Waals surface area contributed by atoms with Gasteiger partial charge in [0.25, 0.3) is 0 Å². The van der Waals surface area contributed by atoms with Crippen LogP contribution >= 0.6 is 11.3 Å². The topological polar surface area (TPSA) is 38.9 Å². The fraction of sp³-hybridized carbons (Fsp3) is 0.222. The standard InChI is InChI=1S/C9H10N2S/c1-6-11-8-4-7(5-10)2-3-9(8)12-6/h2-4H,5,10H2,1H3. The molecule has 0 aliphatic rings. The van der Waals surface area contributed by atoms with Gasteiger partial charge in [0, 0.05) is 6.54 Å². The fourth-order valence-electron chi connectivity index (χ4n) is 1.22. The minimum atomic E-state index is 0.590. The van der Waals surface area contributed by atoms with E-state index in [1.54, 1.807) is 11.3 Å². The highest BCUT2D eigenvalue weighted by Gasteiger charge is 1.99. The zero-order valence-electron chi connectivity index (χ0n) is 6.87. The summed E-state index contributed by atoms with van der Waals surface area (Å²) in [4.78, 5) is 4.38. The van der Waals surface area contributed by atoms with Crippen molar-refractivity contribution in [1.29, 1.82) is 0 Å². The molecule has 0 aliphatic carbocycles. The first kappa shape index (κ1) is 7.71. The van der Waals surface area contributed by atoms with E-state index in [0.29, 0.717) is 6.54 Å². The molecule has 1 aromatic heterocycles. The molecule has 0 atom stereocenters. The van der Waals surface area contributed by atoms with Crippen LogP contribution in [0.4, 0.5) is 0 Å². The van der Waals surface area contributed by atoms with E-state index in [0.717, 1.165) is 16.1 Å². The summed E-state index contributed by atoms with van der Waals surface area (Å²) in [6.07, 6.45) is 0. The summed E-state index contributed by atoms with van der Waals surface area (Å²) in [6.45, 7) is 2.61. The molecule has 0 unspecified atom stereocenters. The summed E-state index contributed by atoms with van der Waals surface area (Å²) in [5, 5.41) is 1.11. The predicted octanol–water partition coefficient (Wildman–Crippen LogP) is 2.06. The Labute approximate surface area is 75.0 Å². The van der Waals surface area contributed by atoms with Gasteiger partial charge in [-0.15, -0.1) is 11.3 Å². The molecule has 0 saturated heterocycles. The second-order valence-electron chi connectivity index (χ2n) is 2.74. The molecule has 0 amide bonds. The van der Waals surface area contributed by atoms with Crippen molar-refractivity contribution in [1.82, 2.24) is 4.98 Å². The van der Waals surface area contributed by atoms with E-state index in [1.165, 1.54) is 4.70 Å². The van der Waals surface area contributed by atoms with Crippen molar-refractivity contribution in [3.8, 4) is 0 Å². The summed E-state index contributed by atoms with van der Waals surface area (Å²) < 4.78 is 1.24. The molecule has 2 N–H and O–H groups in total. The lowest BCUT2D eigenvalue weighted by molar-refractivity contribution is 1.07. The maximum Gasteiger partial charge on any atom is 0.0907 e. The molecule has 1 heterocycles. The van der Waals surface area contributed by atoms with Crippen molar-refractivity contribution < 1.29 is 0 Å². The van der Waals surface area contributed by atoms with Crippen molar-refractivity contribution in [3.05, 3.63) is 28.8 Å². The van der Waals surface area contributed by atoms with E-state index in [9.17, 15) is 0 Å². The van der Waals surface area contributed by atoms with E-state index in [1.807, 2.05) is 6.92 Å². The van der Waals surface area contributed by atoms with Crippen LogP contribution < -0.4 is 5.73 Å². The van der Waals surface area contributed by atoms with Crippen molar-refractivity contribution in [2.75, 3.05) is 0 Å². The molecule has 3 heteroatoms. The Morgan fingerprint density at radius 3 is 3.08 bits per heavy atom. The van der Waals surface area contributed by atoms with Crippen LogP contribution in [0.2, 0.25) is 0 Å². The van der Waals surface area contributed by atoms with Crippen molar-refractivity contribution in [2.24, 2.45) is 5.73 Å². The number of aromatic nitrogens is 1. The Kier molecular flexibility index (Phi) is 1.83. The molecule has 0 fully saturated rings. The Morgan fingerprint density at radius 2 is 2.33 bits per heavy atom. The zero-order valence-corrected chi connectivity index (χ0v) is 7.69. The predicted molar refractivity (Wildman–Crippen MR) is 52.2 cm³/mol. The van der Waals surface area contributed by atoms with Crippen LogP contribution in [0.5, 0.6) is 0 Å². The van der Waals surface area contributed by atoms with Crippen LogP contribution in [-0.4, -0.2) is 4.98 Å². The first-order chi connectivity index (χ1) is 5.79. The third-order valence-corrected chi connectivity index (χ3v) is 2.75. The second kappa shape index (κ2) is 2.84. The van der Waals surface area contributed by atoms with Gasteiger partial charge in [-0.25, -0.2) is 4.98 Å². The second-order valence-corrected chi connectivity index (χ2v) is 3.97. The highest BCUT2D eigenvalue weighted by Crippen LogP contribution is 2.21. The van der Waals surface area contributed by atoms with Gasteiger partial charge in [0.05, 0.1) is 15.2 Å². The Morgan fingerprint density at radius 1 is 1.50 bits per heavy atom. The summed E-state index contributed by atoms with van der Waals surface area (Å²) in [5.41, 5.74) is 7.74. The van der Waals surface area contributed by atoms with E-state index in [-0.39, 0.29) is 0 Å². The van der Waals surface area contributed by atoms with Gasteiger partial charge in [-0.1, -0.05) is 6.07 Å². The Hall–Kier alpha value is -0.930. The normalized spacial score (nSPS) is 10.8. The van der Waals surface area contributed by atoms with Gasteiger partial charge in [-0.2, -0.15) is 0 Å². The summed E-state index contributed by atoms with van der Waals surface area (Å²) in [7, 11) is 0. The number of hydrogen-bond donors (Lipinski definition) is 1. The first-order valence-corrected chi connectivity index (χ1v) is 4.67. The van der Waals surface area contributed by atoms with E-state index in [4.69, 9.17) is 5.73 Å². The minimum absolute atomic E-state index is 0.590. The molecular formula is C9H10N2S. The van der Waals surface area contributed by atoms with Crippen LogP contribution in [0.3, 0.4) is 0 Å². The highest BCUT2D eigenvalue weighted by molar-refractivity contribution is 7.18. The summed E-state index contributed by atoms with van der Waals surface area (Å²) >= 11 is 1.72. The van der Waals surface area contributed by atoms with Gasteiger partial charge in [-0.05, 0) is 24.6 Å². The smallest absolute Gasteiger partial charge is 0.0907 e. The molecule has 1 aromatic carbocycles. The van der Waals surface area contributed by atoms with Gasteiger partial charge in [0.1, 0.15) is 0 Å². The molecule has 0 radical (unpaired) electrons. The van der Waals surface area contributed by atoms with Crippen LogP contribution in [0.25, 0.3) is 10.2 Å². The number of fused-ring (bicyclic) bond motifs is 1. The lowest BCUT2D eigenvalue weighted by atomic mass is 10.2. The third kappa shape index (κ3) is 1.21. The van der Waals surface area contributed by atoms with Crippen LogP contribution in [0.1, 0.15) is 10.6 Å². The van der Waals surface area contributed by atoms with E-state index >= 15 is 0 Å². The third-order valence-electron chi connectivity index (χ3n) is 1.79. The van der Waals surface area contributed by atoms with Gasteiger partial charge >= 0.3 is 0 Å². The molecule has 2 aromatic rings. The number of rotatable bonds is 1. The monoisotopic (exact) mass is 178 g/mol. The number of hydrogen-bond acceptors (Lipinski definition) is 3. The Bertz CT molecular complexity index is 406. The van der Waals surface area contributed by atoms with Gasteiger partial charge in [-0.3, -0.25) is 0 Å². The molecule has 62 valence electrons. The number of aryl methyl sites for hydroxylation is 1. The van der Waals surface area contributed by atoms with Crippen LogP contribution in [0.15, 0.2) is 18.2 Å². The number of nitrogens with two attached hydrogens (primary N) is 1. The van der Waals surface area contributed by atoms with Crippen LogP contribution in [0, 0.1) is 6.92 Å². The van der Waals surface area contributed by atoms with E-state index in [2.05, 4.69) is 23.2 Å². The van der Waals surface area contributed by atoms with Crippen molar-refractivity contribution in [3.63, 3.8) is 0 Å². The molecule has 0 spiro atoms. The number of nitrogens with zero attached hydrogens (tertiary/aromatic N) is 1. The number of thiazole rings is 1. The first-order valence-electron chi connectivity index (χ1n) is 3.86. The highest BCUT2D eigenvalue weighted by atomic mass is 32.1. The molecule has 0 aliphatic heterocycles. The largest absolute Gasteiger partial charge is 0.326 e. The lowest BCUT2D eigenvalue weighted by Crippen LogP contribution is -1.94. The molecular weight excluding hydrogens is 168 g/mol. The summed E-state index contributed by atoms with van der Waals surface area (Å²) in [6, 6.07) is 6.20. The average Bonchev–Trinajstić information content (AvgIpc) is 2.43. The SMILES string of the molecule is Cc1nc2cc(CN)ccc2s1. The van der Waals surface area contributed by atoms with Gasteiger partial charge in [0.2, 0.25) is 0 Å². The maximum atomic E-state index is 5.52. The minimum Gasteiger partial charge on any atom is -0.326 e. The Balaban J connectivity index is 2.66. The van der Waals surface area contributed by atoms with Crippen LogP contribution in [-0.2, 0) is 6.54 Å². The zero-order chi connectivity index (χ0) is 8.55. The maximum absolute atomic E-state index is 5.52. The van der Waals surface area contributed by atoms with Crippen molar-refractivity contribution >= 4 is 21.6 Å². The van der Waals surface area contributed by atoms with Crippen molar-refractivity contribution in [2.45, 2.75) is 13.5 Å². The lowest BCUT2D eigenvalue weighted by Gasteiger charge is -1.93.